The fourth-order valence-electron chi connectivity index (χ4n) is 3.32. The summed E-state index contributed by atoms with van der Waals surface area (Å²) in [6, 6.07) is 8.01. The molecule has 2 fully saturated rings. The van der Waals surface area contributed by atoms with Crippen LogP contribution in [0.25, 0.3) is 0 Å². The zero-order chi connectivity index (χ0) is 16.8. The molecule has 6 nitrogen and oxygen atoms in total. The molecule has 2 aliphatic heterocycles. The molecule has 2 aliphatic rings. The van der Waals surface area contributed by atoms with E-state index in [1.165, 1.54) is 0 Å². The predicted molar refractivity (Wildman–Crippen MR) is 89.3 cm³/mol. The highest BCUT2D eigenvalue weighted by atomic mass is 16.7. The highest BCUT2D eigenvalue weighted by Gasteiger charge is 2.39. The van der Waals surface area contributed by atoms with Gasteiger partial charge in [-0.2, -0.15) is 0 Å². The van der Waals surface area contributed by atoms with E-state index in [-0.39, 0.29) is 11.7 Å². The summed E-state index contributed by atoms with van der Waals surface area (Å²) in [7, 11) is 1.68. The van der Waals surface area contributed by atoms with Gasteiger partial charge in [-0.1, -0.05) is 24.3 Å². The van der Waals surface area contributed by atoms with Crippen LogP contribution >= 0.6 is 0 Å². The molecule has 2 saturated heterocycles. The number of carbonyl (C=O) groups excluding carboxylic acids is 1. The first-order chi connectivity index (χ1) is 11.7. The number of methoxy groups -OCH3 is 1. The number of nitrogens with one attached hydrogen (secondary N) is 1. The largest absolute Gasteiger partial charge is 0.380 e. The second kappa shape index (κ2) is 8.07. The van der Waals surface area contributed by atoms with Crippen molar-refractivity contribution in [3.8, 4) is 0 Å². The molecule has 1 aromatic carbocycles. The van der Waals surface area contributed by atoms with Gasteiger partial charge in [-0.25, -0.2) is 0 Å². The molecule has 1 aromatic rings. The summed E-state index contributed by atoms with van der Waals surface area (Å²) in [5, 5.41) is 3.01. The Labute approximate surface area is 143 Å². The maximum absolute atomic E-state index is 12.2. The molecule has 3 rings (SSSR count). The average Bonchev–Trinajstić information content (AvgIpc) is 3.05. The normalized spacial score (nSPS) is 20.4. The van der Waals surface area contributed by atoms with Gasteiger partial charge in [0.25, 0.3) is 0 Å². The molecule has 0 radical (unpaired) electrons. The van der Waals surface area contributed by atoms with Crippen molar-refractivity contribution in [1.29, 1.82) is 0 Å². The standard InChI is InChI=1S/C18H26N2O4/c1-22-14-16-5-3-2-4-15(16)12-19-17(21)13-20-8-6-18(7-9-20)23-10-11-24-18/h2-5H,6-14H2,1H3,(H,19,21). The molecule has 0 bridgehead atoms. The number of piperidine rings is 1. The summed E-state index contributed by atoms with van der Waals surface area (Å²) in [5.41, 5.74) is 2.20. The van der Waals surface area contributed by atoms with E-state index in [4.69, 9.17) is 14.2 Å². The number of hydrogen-bond donors (Lipinski definition) is 1. The first kappa shape index (κ1) is 17.4. The van der Waals surface area contributed by atoms with Gasteiger partial charge in [-0.3, -0.25) is 9.69 Å². The van der Waals surface area contributed by atoms with Gasteiger partial charge in [-0.15, -0.1) is 0 Å². The van der Waals surface area contributed by atoms with Crippen molar-refractivity contribution >= 4 is 5.91 Å². The van der Waals surface area contributed by atoms with Crippen molar-refractivity contribution in [3.05, 3.63) is 35.4 Å². The predicted octanol–water partition coefficient (Wildman–Crippen LogP) is 1.29. The van der Waals surface area contributed by atoms with Crippen LogP contribution in [0.15, 0.2) is 24.3 Å². The van der Waals surface area contributed by atoms with Gasteiger partial charge >= 0.3 is 0 Å². The van der Waals surface area contributed by atoms with Crippen LogP contribution in [0.2, 0.25) is 0 Å². The van der Waals surface area contributed by atoms with Crippen molar-refractivity contribution in [2.75, 3.05) is 40.0 Å². The van der Waals surface area contributed by atoms with Gasteiger partial charge in [0.1, 0.15) is 0 Å². The molecule has 132 valence electrons. The fraction of sp³-hybridized carbons (Fsp3) is 0.611. The molecule has 1 spiro atoms. The second-order valence-corrected chi connectivity index (χ2v) is 6.36. The van der Waals surface area contributed by atoms with E-state index in [0.717, 1.165) is 37.1 Å². The molecule has 0 atom stereocenters. The number of rotatable bonds is 6. The maximum Gasteiger partial charge on any atom is 0.234 e. The zero-order valence-electron chi connectivity index (χ0n) is 14.3. The lowest BCUT2D eigenvalue weighted by molar-refractivity contribution is -0.185. The number of hydrogen-bond acceptors (Lipinski definition) is 5. The lowest BCUT2D eigenvalue weighted by Gasteiger charge is -2.37. The Morgan fingerprint density at radius 2 is 1.88 bits per heavy atom. The van der Waals surface area contributed by atoms with Crippen LogP contribution in [0.3, 0.4) is 0 Å². The summed E-state index contributed by atoms with van der Waals surface area (Å²) in [4.78, 5) is 14.4. The summed E-state index contributed by atoms with van der Waals surface area (Å²) in [5.74, 6) is -0.335. The van der Waals surface area contributed by atoms with E-state index in [1.807, 2.05) is 24.3 Å². The van der Waals surface area contributed by atoms with Crippen molar-refractivity contribution in [2.24, 2.45) is 0 Å². The van der Waals surface area contributed by atoms with Crippen molar-refractivity contribution in [3.63, 3.8) is 0 Å². The van der Waals surface area contributed by atoms with Gasteiger partial charge in [-0.05, 0) is 11.1 Å². The minimum Gasteiger partial charge on any atom is -0.380 e. The number of nitrogens with zero attached hydrogens (tertiary/aromatic N) is 1. The lowest BCUT2D eigenvalue weighted by Crippen LogP contribution is -2.48. The van der Waals surface area contributed by atoms with E-state index in [9.17, 15) is 4.79 Å². The number of amides is 1. The van der Waals surface area contributed by atoms with Crippen LogP contribution in [0.4, 0.5) is 0 Å². The van der Waals surface area contributed by atoms with E-state index in [1.54, 1.807) is 7.11 Å². The first-order valence-corrected chi connectivity index (χ1v) is 8.53. The second-order valence-electron chi connectivity index (χ2n) is 6.36. The molecule has 0 saturated carbocycles. The van der Waals surface area contributed by atoms with Crippen LogP contribution in [0.1, 0.15) is 24.0 Å². The van der Waals surface area contributed by atoms with Gasteiger partial charge in [0.15, 0.2) is 5.79 Å². The van der Waals surface area contributed by atoms with Crippen LogP contribution in [-0.2, 0) is 32.2 Å². The molecular weight excluding hydrogens is 308 g/mol. The summed E-state index contributed by atoms with van der Waals surface area (Å²) >= 11 is 0. The first-order valence-electron chi connectivity index (χ1n) is 8.53. The van der Waals surface area contributed by atoms with Crippen LogP contribution in [0.5, 0.6) is 0 Å². The Balaban J connectivity index is 1.43. The smallest absolute Gasteiger partial charge is 0.234 e. The van der Waals surface area contributed by atoms with Gasteiger partial charge < -0.3 is 19.5 Å². The number of benzene rings is 1. The molecule has 6 heteroatoms. The third kappa shape index (κ3) is 4.33. The van der Waals surface area contributed by atoms with Gasteiger partial charge in [0, 0.05) is 39.6 Å². The topological polar surface area (TPSA) is 60.0 Å². The molecule has 1 N–H and O–H groups in total. The van der Waals surface area contributed by atoms with E-state index in [2.05, 4.69) is 10.2 Å². The van der Waals surface area contributed by atoms with Gasteiger partial charge in [0.2, 0.25) is 5.91 Å². The highest BCUT2D eigenvalue weighted by Crippen LogP contribution is 2.30. The van der Waals surface area contributed by atoms with Crippen molar-refractivity contribution < 1.29 is 19.0 Å². The monoisotopic (exact) mass is 334 g/mol. The maximum atomic E-state index is 12.2. The lowest BCUT2D eigenvalue weighted by atomic mass is 10.0. The van der Waals surface area contributed by atoms with Crippen molar-refractivity contribution in [2.45, 2.75) is 31.8 Å². The van der Waals surface area contributed by atoms with E-state index >= 15 is 0 Å². The van der Waals surface area contributed by atoms with Crippen molar-refractivity contribution in [1.82, 2.24) is 10.2 Å². The van der Waals surface area contributed by atoms with Crippen LogP contribution in [0, 0.1) is 0 Å². The van der Waals surface area contributed by atoms with E-state index in [0.29, 0.717) is 32.9 Å². The molecular formula is C18H26N2O4. The number of ether oxygens (including phenoxy) is 3. The quantitative estimate of drug-likeness (QED) is 0.849. The Morgan fingerprint density at radius 1 is 1.21 bits per heavy atom. The molecule has 0 aromatic heterocycles. The van der Waals surface area contributed by atoms with E-state index < -0.39 is 0 Å². The summed E-state index contributed by atoms with van der Waals surface area (Å²) < 4.78 is 16.6. The average molecular weight is 334 g/mol. The highest BCUT2D eigenvalue weighted by molar-refractivity contribution is 5.78. The van der Waals surface area contributed by atoms with Crippen LogP contribution < -0.4 is 5.32 Å². The molecule has 1 amide bonds. The van der Waals surface area contributed by atoms with Crippen LogP contribution in [-0.4, -0.2) is 56.6 Å². The Morgan fingerprint density at radius 3 is 2.54 bits per heavy atom. The minimum atomic E-state index is -0.383. The Bertz CT molecular complexity index is 548. The fourth-order valence-corrected chi connectivity index (χ4v) is 3.32. The molecule has 0 unspecified atom stereocenters. The number of carbonyl (C=O) groups is 1. The number of likely N-dealkylation sites (tertiary alicyclic amines) is 1. The minimum absolute atomic E-state index is 0.0476. The third-order valence-corrected chi connectivity index (χ3v) is 4.69. The Kier molecular flexibility index (Phi) is 5.84. The summed E-state index contributed by atoms with van der Waals surface area (Å²) in [6.07, 6.45) is 1.66. The van der Waals surface area contributed by atoms with Gasteiger partial charge in [0.05, 0.1) is 26.4 Å². The summed E-state index contributed by atoms with van der Waals surface area (Å²) in [6.45, 7) is 4.52. The molecule has 0 aliphatic carbocycles. The molecule has 24 heavy (non-hydrogen) atoms. The third-order valence-electron chi connectivity index (χ3n) is 4.69. The molecule has 2 heterocycles. The Hall–Kier alpha value is -1.47. The zero-order valence-corrected chi connectivity index (χ0v) is 14.3. The SMILES string of the molecule is COCc1ccccc1CNC(=O)CN1CCC2(CC1)OCCO2.